The van der Waals surface area contributed by atoms with Crippen LogP contribution in [0.3, 0.4) is 0 Å². The van der Waals surface area contributed by atoms with Crippen LogP contribution in [0, 0.1) is 5.92 Å². The number of carboxylic acid groups (broad SMARTS) is 1. The SMILES string of the molecule is O=C(O)/C=C/c1ccc(/C(=C(\c2ncccc2Cl)C2CCC2)c2ccc(N3CCOCC3)cc2)cc1. The molecule has 2 aliphatic rings. The lowest BCUT2D eigenvalue weighted by molar-refractivity contribution is -0.131. The van der Waals surface area contributed by atoms with E-state index in [1.165, 1.54) is 17.7 Å². The van der Waals surface area contributed by atoms with Gasteiger partial charge in [0.15, 0.2) is 0 Å². The van der Waals surface area contributed by atoms with Crippen LogP contribution in [0.25, 0.3) is 17.2 Å². The van der Waals surface area contributed by atoms with Gasteiger partial charge in [0.25, 0.3) is 0 Å². The number of morpholine rings is 1. The number of carboxylic acids is 1. The van der Waals surface area contributed by atoms with Gasteiger partial charge in [0.1, 0.15) is 0 Å². The Kier molecular flexibility index (Phi) is 7.49. The summed E-state index contributed by atoms with van der Waals surface area (Å²) < 4.78 is 5.51. The number of halogens is 1. The Morgan fingerprint density at radius 3 is 2.25 bits per heavy atom. The van der Waals surface area contributed by atoms with Crippen molar-refractivity contribution in [3.63, 3.8) is 0 Å². The third-order valence-electron chi connectivity index (χ3n) is 6.95. The molecule has 0 spiro atoms. The molecule has 1 N–H and O–H groups in total. The fraction of sp³-hybridized carbons (Fsp3) is 0.267. The molecule has 0 bridgehead atoms. The number of allylic oxidation sites excluding steroid dienone is 1. The van der Waals surface area contributed by atoms with E-state index < -0.39 is 5.97 Å². The Labute approximate surface area is 216 Å². The molecular formula is C30H29ClN2O3. The number of benzene rings is 2. The maximum atomic E-state index is 10.9. The first kappa shape index (κ1) is 24.3. The van der Waals surface area contributed by atoms with Crippen LogP contribution >= 0.6 is 11.6 Å². The van der Waals surface area contributed by atoms with Crippen molar-refractivity contribution in [2.75, 3.05) is 31.2 Å². The highest BCUT2D eigenvalue weighted by Crippen LogP contribution is 2.46. The summed E-state index contributed by atoms with van der Waals surface area (Å²) in [5, 5.41) is 9.63. The lowest BCUT2D eigenvalue weighted by atomic mass is 9.74. The van der Waals surface area contributed by atoms with Crippen molar-refractivity contribution in [2.24, 2.45) is 5.92 Å². The molecule has 6 heteroatoms. The van der Waals surface area contributed by atoms with Gasteiger partial charge < -0.3 is 14.7 Å². The topological polar surface area (TPSA) is 62.7 Å². The summed E-state index contributed by atoms with van der Waals surface area (Å²) in [6, 6.07) is 20.5. The molecule has 2 fully saturated rings. The summed E-state index contributed by atoms with van der Waals surface area (Å²) in [5.74, 6) is -0.574. The van der Waals surface area contributed by atoms with E-state index in [9.17, 15) is 4.79 Å². The zero-order valence-electron chi connectivity index (χ0n) is 20.1. The second kappa shape index (κ2) is 11.1. The Hall–Kier alpha value is -3.41. The van der Waals surface area contributed by atoms with E-state index in [1.807, 2.05) is 24.3 Å². The molecule has 1 aromatic heterocycles. The summed E-state index contributed by atoms with van der Waals surface area (Å²) in [6.45, 7) is 3.29. The zero-order valence-corrected chi connectivity index (χ0v) is 20.8. The highest BCUT2D eigenvalue weighted by atomic mass is 35.5. The van der Waals surface area contributed by atoms with Crippen LogP contribution < -0.4 is 4.90 Å². The number of anilines is 1. The number of pyridine rings is 1. The highest BCUT2D eigenvalue weighted by molar-refractivity contribution is 6.32. The van der Waals surface area contributed by atoms with E-state index in [-0.39, 0.29) is 0 Å². The summed E-state index contributed by atoms with van der Waals surface area (Å²) in [5.41, 5.74) is 7.35. The summed E-state index contributed by atoms with van der Waals surface area (Å²) in [4.78, 5) is 18.0. The van der Waals surface area contributed by atoms with Gasteiger partial charge in [-0.2, -0.15) is 0 Å². The van der Waals surface area contributed by atoms with E-state index in [4.69, 9.17) is 26.4 Å². The lowest BCUT2D eigenvalue weighted by Gasteiger charge is -2.32. The predicted octanol–water partition coefficient (Wildman–Crippen LogP) is 6.43. The zero-order chi connectivity index (χ0) is 24.9. The predicted molar refractivity (Wildman–Crippen MR) is 145 cm³/mol. The first-order valence-corrected chi connectivity index (χ1v) is 12.8. The van der Waals surface area contributed by atoms with Crippen molar-refractivity contribution in [3.8, 4) is 0 Å². The average molecular weight is 501 g/mol. The number of carbonyl (C=O) groups is 1. The van der Waals surface area contributed by atoms with Crippen molar-refractivity contribution in [1.82, 2.24) is 4.98 Å². The molecule has 0 atom stereocenters. The second-order valence-corrected chi connectivity index (χ2v) is 9.60. The monoisotopic (exact) mass is 500 g/mol. The van der Waals surface area contributed by atoms with E-state index >= 15 is 0 Å². The minimum absolute atomic E-state index is 0.387. The maximum absolute atomic E-state index is 10.9. The van der Waals surface area contributed by atoms with Crippen LogP contribution in [0.15, 0.2) is 72.9 Å². The average Bonchev–Trinajstić information content (AvgIpc) is 2.88. The van der Waals surface area contributed by atoms with Gasteiger partial charge in [-0.1, -0.05) is 54.4 Å². The standard InChI is InChI=1S/C30H29ClN2O3/c31-26-5-2-16-32-30(26)29(22-3-1-4-22)28(23-9-6-21(7-10-23)8-15-27(34)35)24-11-13-25(14-12-24)33-17-19-36-20-18-33/h2,5-16,22H,1,3-4,17-20H2,(H,34,35)/b15-8+,29-28+. The van der Waals surface area contributed by atoms with Crippen LogP contribution in [0.2, 0.25) is 5.02 Å². The molecule has 2 aromatic carbocycles. The molecule has 5 rings (SSSR count). The molecule has 184 valence electrons. The number of nitrogens with zero attached hydrogens (tertiary/aromatic N) is 2. The van der Waals surface area contributed by atoms with Gasteiger partial charge in [-0.3, -0.25) is 4.98 Å². The molecule has 1 saturated carbocycles. The first-order valence-electron chi connectivity index (χ1n) is 12.4. The minimum atomic E-state index is -0.961. The smallest absolute Gasteiger partial charge is 0.328 e. The molecule has 36 heavy (non-hydrogen) atoms. The van der Waals surface area contributed by atoms with Crippen LogP contribution in [0.1, 0.15) is 41.6 Å². The fourth-order valence-corrected chi connectivity index (χ4v) is 5.09. The van der Waals surface area contributed by atoms with Crippen LogP contribution in [-0.2, 0) is 9.53 Å². The number of aliphatic carboxylic acids is 1. The first-order chi connectivity index (χ1) is 17.6. The third-order valence-corrected chi connectivity index (χ3v) is 7.25. The molecular weight excluding hydrogens is 472 g/mol. The van der Waals surface area contributed by atoms with Gasteiger partial charge in [-0.15, -0.1) is 0 Å². The van der Waals surface area contributed by atoms with Gasteiger partial charge in [-0.25, -0.2) is 4.79 Å². The van der Waals surface area contributed by atoms with E-state index in [1.54, 1.807) is 12.3 Å². The van der Waals surface area contributed by atoms with Crippen LogP contribution in [0.4, 0.5) is 5.69 Å². The Morgan fingerprint density at radius 1 is 1.00 bits per heavy atom. The Balaban J connectivity index is 1.63. The second-order valence-electron chi connectivity index (χ2n) is 9.19. The number of hydrogen-bond acceptors (Lipinski definition) is 4. The maximum Gasteiger partial charge on any atom is 0.328 e. The summed E-state index contributed by atoms with van der Waals surface area (Å²) >= 11 is 6.71. The molecule has 1 aliphatic heterocycles. The lowest BCUT2D eigenvalue weighted by Crippen LogP contribution is -2.36. The van der Waals surface area contributed by atoms with Crippen LogP contribution in [0.5, 0.6) is 0 Å². The number of aromatic nitrogens is 1. The van der Waals surface area contributed by atoms with Gasteiger partial charge in [0.05, 0.1) is 23.9 Å². The largest absolute Gasteiger partial charge is 0.478 e. The van der Waals surface area contributed by atoms with E-state index in [0.717, 1.165) is 73.2 Å². The van der Waals surface area contributed by atoms with Crippen molar-refractivity contribution in [3.05, 3.63) is 100 Å². The Morgan fingerprint density at radius 2 is 1.67 bits per heavy atom. The molecule has 3 aromatic rings. The van der Waals surface area contributed by atoms with E-state index in [2.05, 4.69) is 41.3 Å². The number of hydrogen-bond donors (Lipinski definition) is 1. The quantitative estimate of drug-likeness (QED) is 0.379. The molecule has 0 radical (unpaired) electrons. The Bertz CT molecular complexity index is 1270. The van der Waals surface area contributed by atoms with Crippen molar-refractivity contribution >= 4 is 40.5 Å². The molecule has 5 nitrogen and oxygen atoms in total. The van der Waals surface area contributed by atoms with Gasteiger partial charge >= 0.3 is 5.97 Å². The summed E-state index contributed by atoms with van der Waals surface area (Å²) in [6.07, 6.45) is 7.98. The molecule has 2 heterocycles. The molecule has 1 aliphatic carbocycles. The van der Waals surface area contributed by atoms with Gasteiger partial charge in [0.2, 0.25) is 0 Å². The van der Waals surface area contributed by atoms with Crippen molar-refractivity contribution in [2.45, 2.75) is 19.3 Å². The van der Waals surface area contributed by atoms with Crippen LogP contribution in [-0.4, -0.2) is 42.4 Å². The number of ether oxygens (including phenoxy) is 1. The minimum Gasteiger partial charge on any atom is -0.478 e. The normalized spacial score (nSPS) is 17.1. The molecule has 0 unspecified atom stereocenters. The fourth-order valence-electron chi connectivity index (χ4n) is 4.86. The number of rotatable bonds is 7. The third kappa shape index (κ3) is 5.38. The van der Waals surface area contributed by atoms with Gasteiger partial charge in [-0.05, 0) is 76.9 Å². The summed E-state index contributed by atoms with van der Waals surface area (Å²) in [7, 11) is 0. The highest BCUT2D eigenvalue weighted by Gasteiger charge is 2.29. The van der Waals surface area contributed by atoms with Crippen molar-refractivity contribution < 1.29 is 14.6 Å². The van der Waals surface area contributed by atoms with E-state index in [0.29, 0.717) is 10.9 Å². The molecule has 1 saturated heterocycles. The van der Waals surface area contributed by atoms with Crippen molar-refractivity contribution in [1.29, 1.82) is 0 Å². The molecule has 0 amide bonds. The van der Waals surface area contributed by atoms with Gasteiger partial charge in [0, 0.05) is 31.0 Å².